The number of esters is 1. The minimum atomic E-state index is -0.508. The average Bonchev–Trinajstić information content (AvgIpc) is 3.12. The molecule has 0 spiro atoms. The first-order chi connectivity index (χ1) is 10.6. The van der Waals surface area contributed by atoms with E-state index in [1.165, 1.54) is 6.26 Å². The summed E-state index contributed by atoms with van der Waals surface area (Å²) < 4.78 is 16.0. The maximum Gasteiger partial charge on any atom is 0.374 e. The molecule has 0 radical (unpaired) electrons. The van der Waals surface area contributed by atoms with E-state index in [2.05, 4.69) is 4.98 Å². The maximum absolute atomic E-state index is 11.9. The van der Waals surface area contributed by atoms with Crippen LogP contribution >= 0.6 is 0 Å². The van der Waals surface area contributed by atoms with Crippen LogP contribution in [0.15, 0.2) is 51.5 Å². The molecule has 0 unspecified atom stereocenters. The van der Waals surface area contributed by atoms with Gasteiger partial charge in [-0.3, -0.25) is 0 Å². The van der Waals surface area contributed by atoms with E-state index in [0.29, 0.717) is 17.3 Å². The number of oxazole rings is 1. The quantitative estimate of drug-likeness (QED) is 0.683. The Kier molecular flexibility index (Phi) is 3.78. The number of benzene rings is 1. The van der Waals surface area contributed by atoms with Gasteiger partial charge in [0.15, 0.2) is 0 Å². The zero-order valence-electron chi connectivity index (χ0n) is 12.3. The van der Waals surface area contributed by atoms with Crippen LogP contribution in [-0.4, -0.2) is 11.0 Å². The van der Waals surface area contributed by atoms with Crippen molar-refractivity contribution in [1.29, 1.82) is 0 Å². The van der Waals surface area contributed by atoms with E-state index in [-0.39, 0.29) is 12.4 Å². The van der Waals surface area contributed by atoms with Crippen molar-refractivity contribution in [3.8, 4) is 11.5 Å². The number of carbonyl (C=O) groups excluding carboxylic acids is 1. The maximum atomic E-state index is 11.9. The monoisotopic (exact) mass is 297 g/mol. The Morgan fingerprint density at radius 2 is 1.95 bits per heavy atom. The van der Waals surface area contributed by atoms with Gasteiger partial charge in [0.2, 0.25) is 11.7 Å². The molecule has 22 heavy (non-hydrogen) atoms. The van der Waals surface area contributed by atoms with Crippen molar-refractivity contribution in [3.63, 3.8) is 0 Å². The van der Waals surface area contributed by atoms with E-state index in [9.17, 15) is 4.79 Å². The largest absolute Gasteiger partial charge is 0.457 e. The van der Waals surface area contributed by atoms with E-state index >= 15 is 0 Å². The van der Waals surface area contributed by atoms with Crippen LogP contribution in [0, 0.1) is 13.8 Å². The smallest absolute Gasteiger partial charge is 0.374 e. The summed E-state index contributed by atoms with van der Waals surface area (Å²) in [5, 5.41) is 0. The van der Waals surface area contributed by atoms with Crippen molar-refractivity contribution < 1.29 is 18.4 Å². The van der Waals surface area contributed by atoms with Gasteiger partial charge in [0.05, 0.1) is 6.26 Å². The highest BCUT2D eigenvalue weighted by Gasteiger charge is 2.17. The Labute approximate surface area is 127 Å². The molecule has 112 valence electrons. The molecule has 3 aromatic rings. The number of aromatic nitrogens is 1. The standard InChI is InChI=1S/C17H15NO4/c1-11-8-9-20-15(11)17(19)21-10-14-12(2)22-16(18-14)13-6-4-3-5-7-13/h3-9H,10H2,1-2H3. The summed E-state index contributed by atoms with van der Waals surface area (Å²) in [5.74, 6) is 0.844. The lowest BCUT2D eigenvalue weighted by Gasteiger charge is -2.01. The van der Waals surface area contributed by atoms with Crippen LogP contribution in [-0.2, 0) is 11.3 Å². The van der Waals surface area contributed by atoms with Crippen LogP contribution in [0.1, 0.15) is 27.6 Å². The van der Waals surface area contributed by atoms with Crippen LogP contribution in [0.2, 0.25) is 0 Å². The molecule has 5 heteroatoms. The number of ether oxygens (including phenoxy) is 1. The molecule has 0 saturated heterocycles. The summed E-state index contributed by atoms with van der Waals surface area (Å²) in [6.45, 7) is 3.62. The zero-order valence-corrected chi connectivity index (χ0v) is 12.3. The highest BCUT2D eigenvalue weighted by atomic mass is 16.5. The van der Waals surface area contributed by atoms with E-state index in [4.69, 9.17) is 13.6 Å². The fourth-order valence-electron chi connectivity index (χ4n) is 2.05. The molecule has 0 bridgehead atoms. The van der Waals surface area contributed by atoms with Gasteiger partial charge in [-0.2, -0.15) is 0 Å². The molecule has 0 fully saturated rings. The van der Waals surface area contributed by atoms with Gasteiger partial charge in [-0.25, -0.2) is 9.78 Å². The third-order valence-corrected chi connectivity index (χ3v) is 3.30. The second kappa shape index (κ2) is 5.89. The Morgan fingerprint density at radius 3 is 2.64 bits per heavy atom. The fourth-order valence-corrected chi connectivity index (χ4v) is 2.05. The number of rotatable bonds is 4. The molecule has 3 rings (SSSR count). The van der Waals surface area contributed by atoms with E-state index in [1.54, 1.807) is 19.9 Å². The van der Waals surface area contributed by atoms with Crippen molar-refractivity contribution >= 4 is 5.97 Å². The first-order valence-corrected chi connectivity index (χ1v) is 6.88. The topological polar surface area (TPSA) is 65.5 Å². The number of hydrogen-bond acceptors (Lipinski definition) is 5. The third-order valence-electron chi connectivity index (χ3n) is 3.30. The van der Waals surface area contributed by atoms with Crippen LogP contribution < -0.4 is 0 Å². The molecule has 0 saturated carbocycles. The molecule has 5 nitrogen and oxygen atoms in total. The van der Waals surface area contributed by atoms with Gasteiger partial charge >= 0.3 is 5.97 Å². The first kappa shape index (κ1) is 14.1. The Hall–Kier alpha value is -2.82. The van der Waals surface area contributed by atoms with Gasteiger partial charge < -0.3 is 13.6 Å². The van der Waals surface area contributed by atoms with Crippen molar-refractivity contribution in [1.82, 2.24) is 4.98 Å². The van der Waals surface area contributed by atoms with Gasteiger partial charge in [0.1, 0.15) is 18.1 Å². The van der Waals surface area contributed by atoms with Crippen LogP contribution in [0.25, 0.3) is 11.5 Å². The van der Waals surface area contributed by atoms with Gasteiger partial charge in [0.25, 0.3) is 0 Å². The number of aryl methyl sites for hydroxylation is 2. The van der Waals surface area contributed by atoms with Gasteiger partial charge in [-0.15, -0.1) is 0 Å². The van der Waals surface area contributed by atoms with Crippen LogP contribution in [0.5, 0.6) is 0 Å². The summed E-state index contributed by atoms with van der Waals surface area (Å²) in [6, 6.07) is 11.3. The summed E-state index contributed by atoms with van der Waals surface area (Å²) in [5.41, 5.74) is 2.22. The Bertz CT molecular complexity index is 786. The SMILES string of the molecule is Cc1ccoc1C(=O)OCc1nc(-c2ccccc2)oc1C. The minimum absolute atomic E-state index is 0.0428. The van der Waals surface area contributed by atoms with E-state index in [0.717, 1.165) is 11.1 Å². The second-order valence-corrected chi connectivity index (χ2v) is 4.90. The predicted octanol–water partition coefficient (Wildman–Crippen LogP) is 3.91. The molecule has 0 aliphatic rings. The van der Waals surface area contributed by atoms with Gasteiger partial charge in [-0.05, 0) is 32.0 Å². The minimum Gasteiger partial charge on any atom is -0.457 e. The number of nitrogens with zero attached hydrogens (tertiary/aromatic N) is 1. The van der Waals surface area contributed by atoms with Crippen molar-refractivity contribution in [2.24, 2.45) is 0 Å². The van der Waals surface area contributed by atoms with Crippen molar-refractivity contribution in [2.75, 3.05) is 0 Å². The van der Waals surface area contributed by atoms with E-state index in [1.807, 2.05) is 30.3 Å². The Balaban J connectivity index is 1.73. The number of carbonyl (C=O) groups is 1. The van der Waals surface area contributed by atoms with E-state index < -0.39 is 5.97 Å². The first-order valence-electron chi connectivity index (χ1n) is 6.88. The summed E-state index contributed by atoms with van der Waals surface area (Å²) in [6.07, 6.45) is 1.46. The summed E-state index contributed by atoms with van der Waals surface area (Å²) in [7, 11) is 0. The molecule has 2 aromatic heterocycles. The van der Waals surface area contributed by atoms with Crippen molar-refractivity contribution in [2.45, 2.75) is 20.5 Å². The van der Waals surface area contributed by atoms with Gasteiger partial charge in [-0.1, -0.05) is 18.2 Å². The van der Waals surface area contributed by atoms with Crippen LogP contribution in [0.3, 0.4) is 0 Å². The lowest BCUT2D eigenvalue weighted by Crippen LogP contribution is -2.06. The summed E-state index contributed by atoms with van der Waals surface area (Å²) >= 11 is 0. The lowest BCUT2D eigenvalue weighted by molar-refractivity contribution is 0.0429. The molecular weight excluding hydrogens is 282 g/mol. The molecule has 0 amide bonds. The molecular formula is C17H15NO4. The molecule has 0 aliphatic heterocycles. The normalized spacial score (nSPS) is 10.6. The highest BCUT2D eigenvalue weighted by Crippen LogP contribution is 2.22. The predicted molar refractivity (Wildman–Crippen MR) is 79.2 cm³/mol. The molecule has 1 aromatic carbocycles. The molecule has 0 N–H and O–H groups in total. The molecule has 0 atom stereocenters. The number of furan rings is 1. The Morgan fingerprint density at radius 1 is 1.18 bits per heavy atom. The lowest BCUT2D eigenvalue weighted by atomic mass is 10.2. The van der Waals surface area contributed by atoms with Crippen LogP contribution in [0.4, 0.5) is 0 Å². The second-order valence-electron chi connectivity index (χ2n) is 4.90. The number of hydrogen-bond donors (Lipinski definition) is 0. The fraction of sp³-hybridized carbons (Fsp3) is 0.176. The van der Waals surface area contributed by atoms with Crippen molar-refractivity contribution in [3.05, 3.63) is 65.4 Å². The molecule has 2 heterocycles. The zero-order chi connectivity index (χ0) is 15.5. The third kappa shape index (κ3) is 2.79. The van der Waals surface area contributed by atoms with Gasteiger partial charge in [0, 0.05) is 11.1 Å². The average molecular weight is 297 g/mol. The summed E-state index contributed by atoms with van der Waals surface area (Å²) in [4.78, 5) is 16.3. The molecule has 0 aliphatic carbocycles. The highest BCUT2D eigenvalue weighted by molar-refractivity contribution is 5.87.